The van der Waals surface area contributed by atoms with E-state index >= 15 is 0 Å². The standard InChI is InChI=1S/C14H9ClN2.C14H10N2O/c15-14-16-12-9-5-4-8-11(12)13(17-14)10-6-2-1-3-7-10;17-14-15-12-9-5-4-8-11(12)13(16-14)10-6-2-1-3-7-10/h1-9H;1-9H,(H,15,16,17). The number of aromatic amines is 1. The summed E-state index contributed by atoms with van der Waals surface area (Å²) in [5, 5.41) is 2.25. The van der Waals surface area contributed by atoms with Gasteiger partial charge in [0.25, 0.3) is 0 Å². The summed E-state index contributed by atoms with van der Waals surface area (Å²) in [7, 11) is 0. The molecule has 6 rings (SSSR count). The molecule has 0 unspecified atom stereocenters. The molecule has 5 nitrogen and oxygen atoms in total. The highest BCUT2D eigenvalue weighted by Gasteiger charge is 2.08. The summed E-state index contributed by atoms with van der Waals surface area (Å²) in [6.07, 6.45) is 0. The van der Waals surface area contributed by atoms with Crippen LogP contribution in [0.3, 0.4) is 0 Å². The third-order valence-corrected chi connectivity index (χ3v) is 5.48. The van der Waals surface area contributed by atoms with Crippen molar-refractivity contribution in [3.05, 3.63) is 125 Å². The second-order valence-corrected chi connectivity index (χ2v) is 7.86. The molecule has 0 fully saturated rings. The lowest BCUT2D eigenvalue weighted by Crippen LogP contribution is -2.11. The summed E-state index contributed by atoms with van der Waals surface area (Å²) < 4.78 is 0. The Kier molecular flexibility index (Phi) is 6.10. The molecule has 34 heavy (non-hydrogen) atoms. The highest BCUT2D eigenvalue weighted by atomic mass is 35.5. The first kappa shape index (κ1) is 21.5. The molecule has 4 aromatic carbocycles. The molecule has 2 heterocycles. The van der Waals surface area contributed by atoms with Crippen LogP contribution in [0.2, 0.25) is 5.28 Å². The Labute approximate surface area is 200 Å². The predicted molar refractivity (Wildman–Crippen MR) is 138 cm³/mol. The van der Waals surface area contributed by atoms with Gasteiger partial charge in [-0.3, -0.25) is 0 Å². The highest BCUT2D eigenvalue weighted by Crippen LogP contribution is 2.27. The van der Waals surface area contributed by atoms with Gasteiger partial charge in [-0.15, -0.1) is 0 Å². The molecule has 0 radical (unpaired) electrons. The molecule has 0 aliphatic rings. The minimum Gasteiger partial charge on any atom is -0.305 e. The van der Waals surface area contributed by atoms with Gasteiger partial charge in [-0.1, -0.05) is 97.1 Å². The van der Waals surface area contributed by atoms with E-state index in [1.807, 2.05) is 109 Å². The lowest BCUT2D eigenvalue weighted by atomic mass is 10.1. The van der Waals surface area contributed by atoms with Gasteiger partial charge in [-0.25, -0.2) is 14.8 Å². The van der Waals surface area contributed by atoms with E-state index in [0.717, 1.165) is 44.3 Å². The first-order valence-corrected chi connectivity index (χ1v) is 11.1. The fraction of sp³-hybridized carbons (Fsp3) is 0. The number of hydrogen-bond donors (Lipinski definition) is 1. The van der Waals surface area contributed by atoms with Crippen LogP contribution in [0.15, 0.2) is 114 Å². The molecular formula is C28H19ClN4O. The fourth-order valence-corrected chi connectivity index (χ4v) is 3.96. The topological polar surface area (TPSA) is 71.5 Å². The van der Waals surface area contributed by atoms with Crippen molar-refractivity contribution in [1.82, 2.24) is 19.9 Å². The van der Waals surface area contributed by atoms with E-state index < -0.39 is 0 Å². The number of para-hydroxylation sites is 2. The summed E-state index contributed by atoms with van der Waals surface area (Å²) in [4.78, 5) is 26.8. The Morgan fingerprint density at radius 2 is 1.09 bits per heavy atom. The minimum atomic E-state index is -0.317. The quantitative estimate of drug-likeness (QED) is 0.296. The van der Waals surface area contributed by atoms with E-state index in [1.54, 1.807) is 0 Å². The van der Waals surface area contributed by atoms with E-state index in [-0.39, 0.29) is 11.0 Å². The van der Waals surface area contributed by atoms with Crippen LogP contribution in [-0.4, -0.2) is 19.9 Å². The summed E-state index contributed by atoms with van der Waals surface area (Å²) in [5.74, 6) is 0. The van der Waals surface area contributed by atoms with Gasteiger partial charge < -0.3 is 4.98 Å². The zero-order valence-electron chi connectivity index (χ0n) is 18.0. The second-order valence-electron chi connectivity index (χ2n) is 7.53. The van der Waals surface area contributed by atoms with Crippen LogP contribution >= 0.6 is 11.6 Å². The summed E-state index contributed by atoms with van der Waals surface area (Å²) in [6, 6.07) is 35.3. The zero-order valence-corrected chi connectivity index (χ0v) is 18.8. The number of fused-ring (bicyclic) bond motifs is 2. The number of nitrogens with one attached hydrogen (secondary N) is 1. The molecule has 1 N–H and O–H groups in total. The fourth-order valence-electron chi connectivity index (χ4n) is 3.78. The van der Waals surface area contributed by atoms with Crippen LogP contribution in [0.1, 0.15) is 0 Å². The molecule has 0 saturated carbocycles. The largest absolute Gasteiger partial charge is 0.345 e. The molecule has 0 saturated heterocycles. The smallest absolute Gasteiger partial charge is 0.305 e. The lowest BCUT2D eigenvalue weighted by molar-refractivity contribution is 1.12. The van der Waals surface area contributed by atoms with Gasteiger partial charge in [0, 0.05) is 21.9 Å². The van der Waals surface area contributed by atoms with Gasteiger partial charge in [0.1, 0.15) is 0 Å². The maximum Gasteiger partial charge on any atom is 0.345 e. The number of hydrogen-bond acceptors (Lipinski definition) is 4. The van der Waals surface area contributed by atoms with Crippen molar-refractivity contribution in [2.75, 3.05) is 0 Å². The molecule has 0 aliphatic carbocycles. The zero-order chi connectivity index (χ0) is 23.3. The molecule has 0 spiro atoms. The molecule has 0 amide bonds. The third-order valence-electron chi connectivity index (χ3n) is 5.31. The Bertz CT molecular complexity index is 1630. The average molecular weight is 463 g/mol. The maximum absolute atomic E-state index is 11.5. The Hall–Kier alpha value is -4.35. The van der Waals surface area contributed by atoms with Crippen molar-refractivity contribution in [3.8, 4) is 22.5 Å². The lowest BCUT2D eigenvalue weighted by Gasteiger charge is -2.05. The molecule has 2 aromatic heterocycles. The van der Waals surface area contributed by atoms with Crippen molar-refractivity contribution in [2.24, 2.45) is 0 Å². The number of nitrogens with zero attached hydrogens (tertiary/aromatic N) is 3. The van der Waals surface area contributed by atoms with Crippen molar-refractivity contribution in [3.63, 3.8) is 0 Å². The number of aromatic nitrogens is 4. The predicted octanol–water partition coefficient (Wildman–Crippen LogP) is 6.54. The van der Waals surface area contributed by atoms with E-state index in [4.69, 9.17) is 11.6 Å². The molecular weight excluding hydrogens is 444 g/mol. The number of benzene rings is 4. The van der Waals surface area contributed by atoms with Crippen LogP contribution in [0.25, 0.3) is 44.3 Å². The van der Waals surface area contributed by atoms with Gasteiger partial charge >= 0.3 is 5.69 Å². The Morgan fingerprint density at radius 3 is 1.76 bits per heavy atom. The summed E-state index contributed by atoms with van der Waals surface area (Å²) in [5.41, 5.74) is 4.97. The highest BCUT2D eigenvalue weighted by molar-refractivity contribution is 6.28. The molecule has 6 aromatic rings. The number of halogens is 1. The summed E-state index contributed by atoms with van der Waals surface area (Å²) >= 11 is 5.95. The maximum atomic E-state index is 11.5. The van der Waals surface area contributed by atoms with Crippen LogP contribution in [-0.2, 0) is 0 Å². The van der Waals surface area contributed by atoms with Gasteiger partial charge in [0.05, 0.1) is 22.4 Å². The first-order chi connectivity index (χ1) is 16.7. The number of H-pyrrole nitrogens is 1. The molecule has 6 heteroatoms. The van der Waals surface area contributed by atoms with Crippen LogP contribution in [0.4, 0.5) is 0 Å². The van der Waals surface area contributed by atoms with Crippen LogP contribution in [0.5, 0.6) is 0 Å². The minimum absolute atomic E-state index is 0.280. The van der Waals surface area contributed by atoms with Crippen LogP contribution in [0, 0.1) is 0 Å². The van der Waals surface area contributed by atoms with E-state index in [1.165, 1.54) is 0 Å². The van der Waals surface area contributed by atoms with E-state index in [2.05, 4.69) is 19.9 Å². The summed E-state index contributed by atoms with van der Waals surface area (Å²) in [6.45, 7) is 0. The van der Waals surface area contributed by atoms with Crippen molar-refractivity contribution < 1.29 is 0 Å². The molecule has 164 valence electrons. The van der Waals surface area contributed by atoms with Crippen molar-refractivity contribution >= 4 is 33.4 Å². The van der Waals surface area contributed by atoms with Gasteiger partial charge in [-0.05, 0) is 23.7 Å². The Balaban J connectivity index is 0.000000142. The molecule has 0 bridgehead atoms. The average Bonchev–Trinajstić information content (AvgIpc) is 2.89. The van der Waals surface area contributed by atoms with Crippen molar-refractivity contribution in [2.45, 2.75) is 0 Å². The van der Waals surface area contributed by atoms with Gasteiger partial charge in [0.2, 0.25) is 5.28 Å². The Morgan fingerprint density at radius 1 is 0.559 bits per heavy atom. The van der Waals surface area contributed by atoms with E-state index in [0.29, 0.717) is 0 Å². The monoisotopic (exact) mass is 462 g/mol. The molecule has 0 aliphatic heterocycles. The van der Waals surface area contributed by atoms with Gasteiger partial charge in [0.15, 0.2) is 0 Å². The first-order valence-electron chi connectivity index (χ1n) is 10.7. The van der Waals surface area contributed by atoms with E-state index in [9.17, 15) is 4.79 Å². The third kappa shape index (κ3) is 4.56. The normalized spacial score (nSPS) is 10.6. The number of rotatable bonds is 2. The SMILES string of the molecule is Clc1nc(-c2ccccc2)c2ccccc2n1.O=c1nc(-c2ccccc2)c2ccccc2[nH]1. The molecule has 0 atom stereocenters. The van der Waals surface area contributed by atoms with Crippen LogP contribution < -0.4 is 5.69 Å². The van der Waals surface area contributed by atoms with Crippen molar-refractivity contribution in [1.29, 1.82) is 0 Å². The van der Waals surface area contributed by atoms with Gasteiger partial charge in [-0.2, -0.15) is 4.98 Å². The second kappa shape index (κ2) is 9.65.